The quantitative estimate of drug-likeness (QED) is 0.674. The Morgan fingerprint density at radius 1 is 1.16 bits per heavy atom. The molecule has 0 aliphatic heterocycles. The molecule has 0 unspecified atom stereocenters. The van der Waals surface area contributed by atoms with Gasteiger partial charge >= 0.3 is 0 Å². The van der Waals surface area contributed by atoms with Crippen LogP contribution < -0.4 is 5.43 Å². The van der Waals surface area contributed by atoms with Crippen LogP contribution in [0.15, 0.2) is 53.5 Å². The van der Waals surface area contributed by atoms with Gasteiger partial charge in [-0.3, -0.25) is 9.59 Å². The molecule has 1 fully saturated rings. The van der Waals surface area contributed by atoms with Gasteiger partial charge in [-0.15, -0.1) is 0 Å². The normalized spacial score (nSPS) is 14.0. The second-order valence-corrected chi connectivity index (χ2v) is 6.82. The molecule has 0 saturated heterocycles. The van der Waals surface area contributed by atoms with Gasteiger partial charge in [0.2, 0.25) is 5.43 Å². The first-order valence-corrected chi connectivity index (χ1v) is 8.47. The van der Waals surface area contributed by atoms with Gasteiger partial charge in [0.25, 0.3) is 0 Å². The first-order chi connectivity index (χ1) is 12.0. The van der Waals surface area contributed by atoms with Gasteiger partial charge in [0, 0.05) is 23.7 Å². The van der Waals surface area contributed by atoms with Crippen molar-refractivity contribution in [3.63, 3.8) is 0 Å². The largest absolute Gasteiger partial charge is 0.346 e. The maximum absolute atomic E-state index is 13.7. The number of carbonyl (C=O) groups is 1. The van der Waals surface area contributed by atoms with Gasteiger partial charge in [0.15, 0.2) is 5.78 Å². The van der Waals surface area contributed by atoms with E-state index in [2.05, 4.69) is 0 Å². The average molecular weight is 335 g/mol. The number of ketones is 1. The van der Waals surface area contributed by atoms with Crippen LogP contribution in [0.1, 0.15) is 34.3 Å². The van der Waals surface area contributed by atoms with Crippen LogP contribution in [0.25, 0.3) is 10.9 Å². The lowest BCUT2D eigenvalue weighted by Crippen LogP contribution is -2.20. The SMILES string of the molecule is Cc1ccc(C(=O)c2cn(CC3CC3)c3ccc(F)cc3c2=O)cc1. The van der Waals surface area contributed by atoms with Crippen molar-refractivity contribution in [2.24, 2.45) is 5.92 Å². The molecule has 2 aromatic carbocycles. The fourth-order valence-corrected chi connectivity index (χ4v) is 3.12. The summed E-state index contributed by atoms with van der Waals surface area (Å²) >= 11 is 0. The van der Waals surface area contributed by atoms with E-state index in [1.165, 1.54) is 12.1 Å². The Bertz CT molecular complexity index is 1030. The van der Waals surface area contributed by atoms with Crippen LogP contribution in [-0.4, -0.2) is 10.4 Å². The zero-order chi connectivity index (χ0) is 17.6. The smallest absolute Gasteiger partial charge is 0.200 e. The summed E-state index contributed by atoms with van der Waals surface area (Å²) in [5.74, 6) is -0.221. The Morgan fingerprint density at radius 3 is 2.56 bits per heavy atom. The second-order valence-electron chi connectivity index (χ2n) is 6.82. The van der Waals surface area contributed by atoms with Crippen LogP contribution >= 0.6 is 0 Å². The van der Waals surface area contributed by atoms with Gasteiger partial charge in [-0.1, -0.05) is 29.8 Å². The molecule has 0 atom stereocenters. The summed E-state index contributed by atoms with van der Waals surface area (Å²) in [5, 5.41) is 0.263. The van der Waals surface area contributed by atoms with Crippen LogP contribution in [0.4, 0.5) is 4.39 Å². The minimum atomic E-state index is -0.470. The summed E-state index contributed by atoms with van der Waals surface area (Å²) in [5.41, 5.74) is 1.88. The number of pyridine rings is 1. The fraction of sp³-hybridized carbons (Fsp3) is 0.238. The zero-order valence-electron chi connectivity index (χ0n) is 14.0. The highest BCUT2D eigenvalue weighted by molar-refractivity contribution is 6.10. The number of aryl methyl sites for hydroxylation is 1. The molecule has 0 radical (unpaired) electrons. The van der Waals surface area contributed by atoms with Crippen molar-refractivity contribution in [1.29, 1.82) is 0 Å². The average Bonchev–Trinajstić information content (AvgIpc) is 3.41. The minimum Gasteiger partial charge on any atom is -0.346 e. The Morgan fingerprint density at radius 2 is 1.88 bits per heavy atom. The number of carbonyl (C=O) groups excluding carboxylic acids is 1. The minimum absolute atomic E-state index is 0.0996. The molecule has 3 nitrogen and oxygen atoms in total. The van der Waals surface area contributed by atoms with E-state index < -0.39 is 11.2 Å². The fourth-order valence-electron chi connectivity index (χ4n) is 3.12. The number of rotatable bonds is 4. The summed E-state index contributed by atoms with van der Waals surface area (Å²) in [6, 6.07) is 11.3. The zero-order valence-corrected chi connectivity index (χ0v) is 14.0. The van der Waals surface area contributed by atoms with Crippen molar-refractivity contribution in [2.75, 3.05) is 0 Å². The molecular weight excluding hydrogens is 317 g/mol. The van der Waals surface area contributed by atoms with Crippen molar-refractivity contribution >= 4 is 16.7 Å². The molecule has 1 saturated carbocycles. The highest BCUT2D eigenvalue weighted by Crippen LogP contribution is 2.31. The Kier molecular flexibility index (Phi) is 3.75. The van der Waals surface area contributed by atoms with Gasteiger partial charge < -0.3 is 4.57 Å². The summed E-state index contributed by atoms with van der Waals surface area (Å²) in [6.45, 7) is 2.69. The molecule has 0 N–H and O–H groups in total. The highest BCUT2D eigenvalue weighted by atomic mass is 19.1. The number of benzene rings is 2. The van der Waals surface area contributed by atoms with Crippen molar-refractivity contribution in [1.82, 2.24) is 4.57 Å². The van der Waals surface area contributed by atoms with E-state index in [1.54, 1.807) is 24.4 Å². The molecule has 3 aromatic rings. The monoisotopic (exact) mass is 335 g/mol. The number of fused-ring (bicyclic) bond motifs is 1. The van der Waals surface area contributed by atoms with Crippen LogP contribution in [0.3, 0.4) is 0 Å². The molecule has 0 spiro atoms. The van der Waals surface area contributed by atoms with Gasteiger partial charge in [0.1, 0.15) is 5.82 Å². The maximum atomic E-state index is 13.7. The van der Waals surface area contributed by atoms with E-state index in [1.807, 2.05) is 23.6 Å². The summed E-state index contributed by atoms with van der Waals surface area (Å²) in [4.78, 5) is 25.7. The molecule has 4 rings (SSSR count). The third-order valence-corrected chi connectivity index (χ3v) is 4.75. The molecule has 4 heteroatoms. The molecule has 1 aromatic heterocycles. The highest BCUT2D eigenvalue weighted by Gasteiger charge is 2.24. The van der Waals surface area contributed by atoms with E-state index in [-0.39, 0.29) is 16.7 Å². The molecule has 1 aliphatic rings. The lowest BCUT2D eigenvalue weighted by molar-refractivity contribution is 0.103. The van der Waals surface area contributed by atoms with E-state index >= 15 is 0 Å². The van der Waals surface area contributed by atoms with Gasteiger partial charge in [-0.2, -0.15) is 0 Å². The lowest BCUT2D eigenvalue weighted by Gasteiger charge is -2.13. The molecule has 1 heterocycles. The summed E-state index contributed by atoms with van der Waals surface area (Å²) in [6.07, 6.45) is 3.94. The number of hydrogen-bond acceptors (Lipinski definition) is 2. The summed E-state index contributed by atoms with van der Waals surface area (Å²) in [7, 11) is 0. The van der Waals surface area contributed by atoms with E-state index in [0.717, 1.165) is 24.9 Å². The van der Waals surface area contributed by atoms with Gasteiger partial charge in [-0.05, 0) is 43.9 Å². The van der Waals surface area contributed by atoms with Crippen molar-refractivity contribution < 1.29 is 9.18 Å². The molecule has 1 aliphatic carbocycles. The first kappa shape index (κ1) is 15.8. The number of nitrogens with zero attached hydrogens (tertiary/aromatic N) is 1. The van der Waals surface area contributed by atoms with E-state index in [4.69, 9.17) is 0 Å². The Hall–Kier alpha value is -2.75. The first-order valence-electron chi connectivity index (χ1n) is 8.47. The second kappa shape index (κ2) is 5.96. The topological polar surface area (TPSA) is 39.1 Å². The van der Waals surface area contributed by atoms with E-state index in [0.29, 0.717) is 17.0 Å². The van der Waals surface area contributed by atoms with Gasteiger partial charge in [0.05, 0.1) is 11.1 Å². The van der Waals surface area contributed by atoms with Crippen molar-refractivity contribution in [3.05, 3.63) is 81.4 Å². The molecule has 0 amide bonds. The predicted molar refractivity (Wildman–Crippen MR) is 95.5 cm³/mol. The third-order valence-electron chi connectivity index (χ3n) is 4.75. The Labute approximate surface area is 144 Å². The van der Waals surface area contributed by atoms with Crippen LogP contribution in [0.5, 0.6) is 0 Å². The van der Waals surface area contributed by atoms with E-state index in [9.17, 15) is 14.0 Å². The predicted octanol–water partition coefficient (Wildman–Crippen LogP) is 4.09. The Balaban J connectivity index is 1.90. The molecular formula is C21H18FNO2. The molecule has 126 valence electrons. The molecule has 25 heavy (non-hydrogen) atoms. The van der Waals surface area contributed by atoms with Crippen molar-refractivity contribution in [2.45, 2.75) is 26.3 Å². The number of halogens is 1. The number of aromatic nitrogens is 1. The number of hydrogen-bond donors (Lipinski definition) is 0. The van der Waals surface area contributed by atoms with Crippen LogP contribution in [0.2, 0.25) is 0 Å². The lowest BCUT2D eigenvalue weighted by atomic mass is 10.0. The van der Waals surface area contributed by atoms with Crippen LogP contribution in [-0.2, 0) is 6.54 Å². The van der Waals surface area contributed by atoms with Crippen molar-refractivity contribution in [3.8, 4) is 0 Å². The maximum Gasteiger partial charge on any atom is 0.200 e. The third kappa shape index (κ3) is 3.00. The van der Waals surface area contributed by atoms with Gasteiger partial charge in [-0.25, -0.2) is 4.39 Å². The molecule has 0 bridgehead atoms. The van der Waals surface area contributed by atoms with Crippen LogP contribution in [0, 0.1) is 18.7 Å². The standard InChI is InChI=1S/C21H18FNO2/c1-13-2-6-15(7-3-13)20(24)18-12-23(11-14-4-5-14)19-9-8-16(22)10-17(19)21(18)25/h2-3,6-10,12,14H,4-5,11H2,1H3. The summed E-state index contributed by atoms with van der Waals surface area (Å²) < 4.78 is 15.6.